The number of rotatable bonds is 3. The lowest BCUT2D eigenvalue weighted by molar-refractivity contribution is 0.893. The Hall–Kier alpha value is -0.750. The summed E-state index contributed by atoms with van der Waals surface area (Å²) < 4.78 is 0. The van der Waals surface area contributed by atoms with Crippen molar-refractivity contribution in [2.24, 2.45) is 0 Å². The van der Waals surface area contributed by atoms with E-state index in [0.717, 1.165) is 0 Å². The first kappa shape index (κ1) is 11.7. The quantitative estimate of drug-likeness (QED) is 0.666. The third-order valence-corrected chi connectivity index (χ3v) is 3.85. The molecule has 16 heavy (non-hydrogen) atoms. The first-order valence-electron chi connectivity index (χ1n) is 6.05. The highest BCUT2D eigenvalue weighted by molar-refractivity contribution is 6.18. The van der Waals surface area contributed by atoms with E-state index in [-0.39, 0.29) is 0 Å². The van der Waals surface area contributed by atoms with Crippen LogP contribution in [-0.4, -0.2) is 5.88 Å². The average molecular weight is 235 g/mol. The third-order valence-electron chi connectivity index (χ3n) is 3.54. The first-order valence-corrected chi connectivity index (χ1v) is 6.59. The van der Waals surface area contributed by atoms with E-state index in [9.17, 15) is 0 Å². The molecule has 1 aliphatic rings. The molecule has 1 heteroatoms. The summed E-state index contributed by atoms with van der Waals surface area (Å²) >= 11 is 6.09. The largest absolute Gasteiger partial charge is 0.126 e. The number of alkyl halides is 1. The van der Waals surface area contributed by atoms with E-state index >= 15 is 0 Å². The van der Waals surface area contributed by atoms with E-state index in [0.29, 0.717) is 11.8 Å². The number of halogens is 1. The second kappa shape index (κ2) is 4.63. The molecule has 0 spiro atoms. The minimum Gasteiger partial charge on any atom is -0.126 e. The molecule has 0 aliphatic heterocycles. The molecule has 2 rings (SSSR count). The number of fused-ring (bicyclic) bond motifs is 1. The highest BCUT2D eigenvalue weighted by atomic mass is 35.5. The molecule has 0 nitrogen and oxygen atoms in total. The summed E-state index contributed by atoms with van der Waals surface area (Å²) in [5, 5.41) is 0. The van der Waals surface area contributed by atoms with Gasteiger partial charge < -0.3 is 0 Å². The third kappa shape index (κ3) is 1.80. The van der Waals surface area contributed by atoms with Gasteiger partial charge in [-0.1, -0.05) is 37.1 Å². The van der Waals surface area contributed by atoms with Crippen LogP contribution in [-0.2, 0) is 6.42 Å². The number of hydrogen-bond acceptors (Lipinski definition) is 0. The molecule has 0 aromatic heterocycles. The van der Waals surface area contributed by atoms with Crippen LogP contribution in [0.1, 0.15) is 48.4 Å². The zero-order valence-corrected chi connectivity index (χ0v) is 11.1. The SMILES string of the molecule is CCCc1ccc(C)c2c1C=C(C)C2CCl. The molecule has 1 atom stereocenters. The van der Waals surface area contributed by atoms with E-state index in [1.165, 1.54) is 40.7 Å². The van der Waals surface area contributed by atoms with Crippen molar-refractivity contribution >= 4 is 17.7 Å². The van der Waals surface area contributed by atoms with Gasteiger partial charge in [0.1, 0.15) is 0 Å². The molecule has 0 heterocycles. The Morgan fingerprint density at radius 2 is 2.00 bits per heavy atom. The van der Waals surface area contributed by atoms with E-state index in [1.54, 1.807) is 0 Å². The highest BCUT2D eigenvalue weighted by Gasteiger charge is 2.25. The second-order valence-corrected chi connectivity index (χ2v) is 5.02. The van der Waals surface area contributed by atoms with Crippen molar-refractivity contribution in [1.82, 2.24) is 0 Å². The number of benzene rings is 1. The Balaban J connectivity index is 2.54. The van der Waals surface area contributed by atoms with Crippen LogP contribution in [0.4, 0.5) is 0 Å². The smallest absolute Gasteiger partial charge is 0.0330 e. The van der Waals surface area contributed by atoms with Crippen LogP contribution in [0.3, 0.4) is 0 Å². The van der Waals surface area contributed by atoms with Crippen LogP contribution in [0.25, 0.3) is 6.08 Å². The van der Waals surface area contributed by atoms with Gasteiger partial charge in [0.2, 0.25) is 0 Å². The van der Waals surface area contributed by atoms with Gasteiger partial charge in [-0.15, -0.1) is 11.6 Å². The molecule has 1 aromatic rings. The maximum absolute atomic E-state index is 6.09. The Labute approximate surface area is 103 Å². The van der Waals surface area contributed by atoms with Crippen LogP contribution in [0, 0.1) is 6.92 Å². The number of aryl methyl sites for hydroxylation is 2. The minimum atomic E-state index is 0.438. The molecule has 1 aliphatic carbocycles. The zero-order valence-electron chi connectivity index (χ0n) is 10.3. The first-order chi connectivity index (χ1) is 7.69. The van der Waals surface area contributed by atoms with Gasteiger partial charge in [-0.25, -0.2) is 0 Å². The van der Waals surface area contributed by atoms with E-state index in [2.05, 4.69) is 39.0 Å². The Morgan fingerprint density at radius 1 is 1.25 bits per heavy atom. The van der Waals surface area contributed by atoms with Crippen molar-refractivity contribution < 1.29 is 0 Å². The van der Waals surface area contributed by atoms with Crippen molar-refractivity contribution in [1.29, 1.82) is 0 Å². The fourth-order valence-corrected chi connectivity index (χ4v) is 3.06. The molecule has 0 saturated heterocycles. The summed E-state index contributed by atoms with van der Waals surface area (Å²) in [6, 6.07) is 4.52. The van der Waals surface area contributed by atoms with Crippen molar-refractivity contribution in [3.05, 3.63) is 40.0 Å². The summed E-state index contributed by atoms with van der Waals surface area (Å²) in [7, 11) is 0. The fourth-order valence-electron chi connectivity index (χ4n) is 2.67. The van der Waals surface area contributed by atoms with Gasteiger partial charge in [0.05, 0.1) is 0 Å². The predicted molar refractivity (Wildman–Crippen MR) is 72.3 cm³/mol. The number of hydrogen-bond donors (Lipinski definition) is 0. The zero-order chi connectivity index (χ0) is 11.7. The van der Waals surface area contributed by atoms with Gasteiger partial charge in [-0.05, 0) is 42.5 Å². The van der Waals surface area contributed by atoms with Crippen LogP contribution in [0.2, 0.25) is 0 Å². The lowest BCUT2D eigenvalue weighted by atomic mass is 9.91. The lowest BCUT2D eigenvalue weighted by Crippen LogP contribution is -2.02. The van der Waals surface area contributed by atoms with E-state index in [1.807, 2.05) is 0 Å². The van der Waals surface area contributed by atoms with Crippen molar-refractivity contribution in [2.45, 2.75) is 39.5 Å². The number of allylic oxidation sites excluding steroid dienone is 1. The second-order valence-electron chi connectivity index (χ2n) is 4.71. The van der Waals surface area contributed by atoms with Gasteiger partial charge in [0, 0.05) is 11.8 Å². The van der Waals surface area contributed by atoms with Gasteiger partial charge in [-0.2, -0.15) is 0 Å². The van der Waals surface area contributed by atoms with Crippen molar-refractivity contribution in [3.63, 3.8) is 0 Å². The van der Waals surface area contributed by atoms with Crippen LogP contribution in [0.15, 0.2) is 17.7 Å². The average Bonchev–Trinajstić information content (AvgIpc) is 2.60. The Kier molecular flexibility index (Phi) is 3.39. The summed E-state index contributed by atoms with van der Waals surface area (Å²) in [5.74, 6) is 1.14. The molecule has 1 aromatic carbocycles. The normalized spacial score (nSPS) is 18.5. The van der Waals surface area contributed by atoms with Gasteiger partial charge in [-0.3, -0.25) is 0 Å². The minimum absolute atomic E-state index is 0.438. The van der Waals surface area contributed by atoms with E-state index in [4.69, 9.17) is 11.6 Å². The fraction of sp³-hybridized carbons (Fsp3) is 0.467. The monoisotopic (exact) mass is 234 g/mol. The molecule has 0 saturated carbocycles. The molecule has 0 bridgehead atoms. The summed E-state index contributed by atoms with van der Waals surface area (Å²) in [5.41, 5.74) is 7.20. The van der Waals surface area contributed by atoms with Crippen molar-refractivity contribution in [3.8, 4) is 0 Å². The molecule has 1 unspecified atom stereocenters. The highest BCUT2D eigenvalue weighted by Crippen LogP contribution is 2.40. The predicted octanol–water partition coefficient (Wildman–Crippen LogP) is 4.69. The van der Waals surface area contributed by atoms with Crippen molar-refractivity contribution in [2.75, 3.05) is 5.88 Å². The van der Waals surface area contributed by atoms with Crippen LogP contribution < -0.4 is 0 Å². The summed E-state index contributed by atoms with van der Waals surface area (Å²) in [6.07, 6.45) is 4.70. The van der Waals surface area contributed by atoms with Crippen LogP contribution >= 0.6 is 11.6 Å². The van der Waals surface area contributed by atoms with E-state index < -0.39 is 0 Å². The van der Waals surface area contributed by atoms with Gasteiger partial charge in [0.25, 0.3) is 0 Å². The lowest BCUT2D eigenvalue weighted by Gasteiger charge is -2.15. The summed E-state index contributed by atoms with van der Waals surface area (Å²) in [6.45, 7) is 6.62. The van der Waals surface area contributed by atoms with Gasteiger partial charge >= 0.3 is 0 Å². The molecule has 0 N–H and O–H groups in total. The molecule has 0 amide bonds. The maximum atomic E-state index is 6.09. The molecule has 0 radical (unpaired) electrons. The van der Waals surface area contributed by atoms with Gasteiger partial charge in [0.15, 0.2) is 0 Å². The topological polar surface area (TPSA) is 0 Å². The molecule has 86 valence electrons. The van der Waals surface area contributed by atoms with Crippen LogP contribution in [0.5, 0.6) is 0 Å². The molecular weight excluding hydrogens is 216 g/mol. The maximum Gasteiger partial charge on any atom is 0.0330 e. The Morgan fingerprint density at radius 3 is 2.62 bits per heavy atom. The molecular formula is C15H19Cl. The molecule has 0 fully saturated rings. The summed E-state index contributed by atoms with van der Waals surface area (Å²) in [4.78, 5) is 0. The standard InChI is InChI=1S/C15H19Cl/c1-4-5-12-7-6-10(2)15-13(12)8-11(3)14(15)9-16/h6-8,14H,4-5,9H2,1-3H3. The Bertz CT molecular complexity index is 429.